The van der Waals surface area contributed by atoms with Crippen molar-refractivity contribution in [2.24, 2.45) is 0 Å². The number of nitrogens with zero attached hydrogens (tertiary/aromatic N) is 3. The lowest BCUT2D eigenvalue weighted by Gasteiger charge is -2.14. The third kappa shape index (κ3) is 4.63. The summed E-state index contributed by atoms with van der Waals surface area (Å²) >= 11 is 19.4. The maximum atomic E-state index is 12.6. The lowest BCUT2D eigenvalue weighted by molar-refractivity contribution is -0.115. The molecule has 0 bridgehead atoms. The van der Waals surface area contributed by atoms with Gasteiger partial charge in [0.2, 0.25) is 5.91 Å². The molecule has 0 aliphatic rings. The molecule has 146 valence electrons. The van der Waals surface area contributed by atoms with Crippen LogP contribution in [-0.2, 0) is 4.79 Å². The van der Waals surface area contributed by atoms with E-state index in [-0.39, 0.29) is 5.91 Å². The summed E-state index contributed by atoms with van der Waals surface area (Å²) in [5, 5.41) is 12.3. The molecular formula is C19H17Cl3N4OS. The standard InChI is InChI=1S/C19H17Cl3N4OS/c1-10-4-6-13(7-5-10)26-12(3)24-25-19(26)28-11(2)18(27)23-17-9-15(21)14(20)8-16(17)22/h4-9,11H,1-3H3,(H,23,27). The fraction of sp³-hybridized carbons (Fsp3) is 0.211. The minimum Gasteiger partial charge on any atom is -0.324 e. The summed E-state index contributed by atoms with van der Waals surface area (Å²) in [4.78, 5) is 12.6. The highest BCUT2D eigenvalue weighted by molar-refractivity contribution is 8.00. The molecule has 1 atom stereocenters. The first-order valence-electron chi connectivity index (χ1n) is 8.37. The van der Waals surface area contributed by atoms with E-state index in [1.165, 1.54) is 23.9 Å². The molecule has 3 aromatic rings. The Morgan fingerprint density at radius 1 is 1.04 bits per heavy atom. The van der Waals surface area contributed by atoms with E-state index < -0.39 is 5.25 Å². The zero-order chi connectivity index (χ0) is 20.4. The largest absolute Gasteiger partial charge is 0.324 e. The minimum atomic E-state index is -0.446. The predicted octanol–water partition coefficient (Wildman–Crippen LogP) is 5.96. The van der Waals surface area contributed by atoms with E-state index in [1.807, 2.05) is 42.7 Å². The van der Waals surface area contributed by atoms with Crippen molar-refractivity contribution in [2.45, 2.75) is 31.2 Å². The predicted molar refractivity (Wildman–Crippen MR) is 116 cm³/mol. The molecule has 1 N–H and O–H groups in total. The smallest absolute Gasteiger partial charge is 0.237 e. The number of carbonyl (C=O) groups is 1. The molecule has 1 aromatic heterocycles. The summed E-state index contributed by atoms with van der Waals surface area (Å²) in [5.74, 6) is 0.507. The monoisotopic (exact) mass is 454 g/mol. The average Bonchev–Trinajstić information content (AvgIpc) is 3.00. The van der Waals surface area contributed by atoms with Crippen LogP contribution in [0.25, 0.3) is 5.69 Å². The first kappa shape index (κ1) is 21.0. The van der Waals surface area contributed by atoms with Crippen molar-refractivity contribution < 1.29 is 4.79 Å². The highest BCUT2D eigenvalue weighted by Crippen LogP contribution is 2.33. The summed E-state index contributed by atoms with van der Waals surface area (Å²) in [5.41, 5.74) is 2.51. The van der Waals surface area contributed by atoms with Gasteiger partial charge in [0.25, 0.3) is 0 Å². The number of hydrogen-bond donors (Lipinski definition) is 1. The van der Waals surface area contributed by atoms with Gasteiger partial charge in [-0.3, -0.25) is 9.36 Å². The van der Waals surface area contributed by atoms with E-state index in [0.717, 1.165) is 17.1 Å². The van der Waals surface area contributed by atoms with Crippen LogP contribution in [0.1, 0.15) is 18.3 Å². The highest BCUT2D eigenvalue weighted by atomic mass is 35.5. The summed E-state index contributed by atoms with van der Waals surface area (Å²) in [7, 11) is 0. The van der Waals surface area contributed by atoms with Gasteiger partial charge in [-0.25, -0.2) is 0 Å². The molecule has 3 rings (SSSR count). The van der Waals surface area contributed by atoms with Crippen molar-refractivity contribution in [1.29, 1.82) is 0 Å². The first-order chi connectivity index (χ1) is 13.3. The van der Waals surface area contributed by atoms with Gasteiger partial charge in [-0.05, 0) is 45.0 Å². The molecule has 0 aliphatic heterocycles. The number of amides is 1. The third-order valence-electron chi connectivity index (χ3n) is 4.01. The Balaban J connectivity index is 1.78. The van der Waals surface area contributed by atoms with Crippen LogP contribution < -0.4 is 5.32 Å². The zero-order valence-corrected chi connectivity index (χ0v) is 18.4. The maximum Gasteiger partial charge on any atom is 0.237 e. The topological polar surface area (TPSA) is 59.8 Å². The molecule has 0 aliphatic carbocycles. The van der Waals surface area contributed by atoms with Gasteiger partial charge in [-0.2, -0.15) is 0 Å². The minimum absolute atomic E-state index is 0.235. The Kier molecular flexibility index (Phi) is 6.55. The van der Waals surface area contributed by atoms with Crippen LogP contribution in [0.5, 0.6) is 0 Å². The van der Waals surface area contributed by atoms with Gasteiger partial charge in [0.15, 0.2) is 5.16 Å². The molecule has 0 saturated carbocycles. The SMILES string of the molecule is Cc1ccc(-n2c(C)nnc2SC(C)C(=O)Nc2cc(Cl)c(Cl)cc2Cl)cc1. The molecule has 1 heterocycles. The number of aromatic nitrogens is 3. The van der Waals surface area contributed by atoms with Crippen molar-refractivity contribution in [3.63, 3.8) is 0 Å². The molecule has 1 amide bonds. The Hall–Kier alpha value is -1.73. The number of benzene rings is 2. The fourth-order valence-electron chi connectivity index (χ4n) is 2.47. The van der Waals surface area contributed by atoms with Crippen molar-refractivity contribution in [3.05, 3.63) is 62.9 Å². The second-order valence-electron chi connectivity index (χ2n) is 6.20. The number of thioether (sulfide) groups is 1. The van der Waals surface area contributed by atoms with Crippen LogP contribution in [0.2, 0.25) is 15.1 Å². The van der Waals surface area contributed by atoms with Crippen LogP contribution in [0, 0.1) is 13.8 Å². The van der Waals surface area contributed by atoms with Gasteiger partial charge in [0.1, 0.15) is 5.82 Å². The van der Waals surface area contributed by atoms with Gasteiger partial charge in [-0.15, -0.1) is 10.2 Å². The quantitative estimate of drug-likeness (QED) is 0.381. The summed E-state index contributed by atoms with van der Waals surface area (Å²) < 4.78 is 1.92. The van der Waals surface area contributed by atoms with E-state index in [4.69, 9.17) is 34.8 Å². The Morgan fingerprint density at radius 3 is 2.36 bits per heavy atom. The number of carbonyl (C=O) groups excluding carboxylic acids is 1. The molecule has 9 heteroatoms. The van der Waals surface area contributed by atoms with Crippen molar-refractivity contribution in [1.82, 2.24) is 14.8 Å². The fourth-order valence-corrected chi connectivity index (χ4v) is 3.98. The van der Waals surface area contributed by atoms with Crippen molar-refractivity contribution in [3.8, 4) is 5.69 Å². The molecule has 5 nitrogen and oxygen atoms in total. The van der Waals surface area contributed by atoms with Gasteiger partial charge in [-0.1, -0.05) is 64.3 Å². The number of aryl methyl sites for hydroxylation is 2. The normalized spacial score (nSPS) is 12.1. The Morgan fingerprint density at radius 2 is 1.68 bits per heavy atom. The highest BCUT2D eigenvalue weighted by Gasteiger charge is 2.21. The van der Waals surface area contributed by atoms with Crippen LogP contribution in [-0.4, -0.2) is 25.9 Å². The van der Waals surface area contributed by atoms with Crippen LogP contribution in [0.3, 0.4) is 0 Å². The van der Waals surface area contributed by atoms with E-state index >= 15 is 0 Å². The zero-order valence-electron chi connectivity index (χ0n) is 15.3. The van der Waals surface area contributed by atoms with Gasteiger partial charge >= 0.3 is 0 Å². The molecule has 28 heavy (non-hydrogen) atoms. The average molecular weight is 456 g/mol. The molecule has 0 fully saturated rings. The lowest BCUT2D eigenvalue weighted by Crippen LogP contribution is -2.23. The van der Waals surface area contributed by atoms with Gasteiger partial charge in [0.05, 0.1) is 26.0 Å². The van der Waals surface area contributed by atoms with Gasteiger partial charge in [0, 0.05) is 5.69 Å². The summed E-state index contributed by atoms with van der Waals surface area (Å²) in [6.45, 7) is 5.69. The molecular weight excluding hydrogens is 439 g/mol. The molecule has 2 aromatic carbocycles. The third-order valence-corrected chi connectivity index (χ3v) is 6.08. The Bertz CT molecular complexity index is 1020. The van der Waals surface area contributed by atoms with E-state index in [0.29, 0.717) is 25.9 Å². The number of anilines is 1. The summed E-state index contributed by atoms with van der Waals surface area (Å²) in [6, 6.07) is 11.1. The van der Waals surface area contributed by atoms with Gasteiger partial charge < -0.3 is 5.32 Å². The maximum absolute atomic E-state index is 12.6. The van der Waals surface area contributed by atoms with Crippen LogP contribution in [0.15, 0.2) is 41.6 Å². The van der Waals surface area contributed by atoms with Crippen LogP contribution in [0.4, 0.5) is 5.69 Å². The number of halogens is 3. The van der Waals surface area contributed by atoms with Crippen molar-refractivity contribution >= 4 is 58.2 Å². The second kappa shape index (κ2) is 8.74. The Labute approximate surface area is 182 Å². The molecule has 0 spiro atoms. The number of rotatable bonds is 5. The number of nitrogens with one attached hydrogen (secondary N) is 1. The summed E-state index contributed by atoms with van der Waals surface area (Å²) in [6.07, 6.45) is 0. The van der Waals surface area contributed by atoms with E-state index in [9.17, 15) is 4.79 Å². The first-order valence-corrected chi connectivity index (χ1v) is 10.4. The van der Waals surface area contributed by atoms with E-state index in [1.54, 1.807) is 6.92 Å². The number of hydrogen-bond acceptors (Lipinski definition) is 4. The van der Waals surface area contributed by atoms with E-state index in [2.05, 4.69) is 15.5 Å². The molecule has 0 saturated heterocycles. The van der Waals surface area contributed by atoms with Crippen molar-refractivity contribution in [2.75, 3.05) is 5.32 Å². The molecule has 1 unspecified atom stereocenters. The molecule has 0 radical (unpaired) electrons. The lowest BCUT2D eigenvalue weighted by atomic mass is 10.2. The second-order valence-corrected chi connectivity index (χ2v) is 8.73. The van der Waals surface area contributed by atoms with Crippen LogP contribution >= 0.6 is 46.6 Å².